The standard InChI is InChI=1S/C14H10ClNOS/c15-12-9-5-4-8-11(12)13-16-17-14(18-13)10-6-2-1-3-7-10/h1-9,14H. The number of oxime groups is 1. The van der Waals surface area contributed by atoms with Gasteiger partial charge in [0, 0.05) is 11.1 Å². The van der Waals surface area contributed by atoms with E-state index in [2.05, 4.69) is 5.16 Å². The average Bonchev–Trinajstić information content (AvgIpc) is 2.90. The molecule has 0 aromatic heterocycles. The fourth-order valence-electron chi connectivity index (χ4n) is 1.73. The van der Waals surface area contributed by atoms with Gasteiger partial charge in [-0.1, -0.05) is 77.0 Å². The molecule has 0 saturated heterocycles. The highest BCUT2D eigenvalue weighted by Gasteiger charge is 2.25. The summed E-state index contributed by atoms with van der Waals surface area (Å²) in [6, 6.07) is 17.7. The molecule has 3 rings (SSSR count). The van der Waals surface area contributed by atoms with Crippen LogP contribution in [0.3, 0.4) is 0 Å². The van der Waals surface area contributed by atoms with Crippen molar-refractivity contribution < 1.29 is 4.84 Å². The lowest BCUT2D eigenvalue weighted by Crippen LogP contribution is -1.94. The van der Waals surface area contributed by atoms with Crippen molar-refractivity contribution in [2.24, 2.45) is 5.16 Å². The highest BCUT2D eigenvalue weighted by atomic mass is 35.5. The topological polar surface area (TPSA) is 21.6 Å². The highest BCUT2D eigenvalue weighted by molar-refractivity contribution is 8.14. The minimum atomic E-state index is -0.0857. The summed E-state index contributed by atoms with van der Waals surface area (Å²) in [5, 5.41) is 5.64. The summed E-state index contributed by atoms with van der Waals surface area (Å²) in [6.07, 6.45) is 0. The van der Waals surface area contributed by atoms with Crippen molar-refractivity contribution in [3.63, 3.8) is 0 Å². The molecule has 0 spiro atoms. The van der Waals surface area contributed by atoms with Gasteiger partial charge in [0.05, 0.1) is 5.02 Å². The normalized spacial score (nSPS) is 18.3. The summed E-state index contributed by atoms with van der Waals surface area (Å²) in [7, 11) is 0. The van der Waals surface area contributed by atoms with Gasteiger partial charge in [0.1, 0.15) is 5.04 Å². The van der Waals surface area contributed by atoms with E-state index in [0.29, 0.717) is 5.02 Å². The quantitative estimate of drug-likeness (QED) is 0.807. The maximum absolute atomic E-state index is 6.15. The molecule has 0 aliphatic carbocycles. The van der Waals surface area contributed by atoms with Gasteiger partial charge in [-0.05, 0) is 6.07 Å². The van der Waals surface area contributed by atoms with Crippen molar-refractivity contribution in [1.29, 1.82) is 0 Å². The van der Waals surface area contributed by atoms with Gasteiger partial charge in [-0.2, -0.15) is 0 Å². The van der Waals surface area contributed by atoms with Crippen molar-refractivity contribution in [3.8, 4) is 0 Å². The molecule has 0 N–H and O–H groups in total. The number of rotatable bonds is 2. The third-order valence-electron chi connectivity index (χ3n) is 2.63. The van der Waals surface area contributed by atoms with E-state index in [4.69, 9.17) is 16.4 Å². The number of benzene rings is 2. The smallest absolute Gasteiger partial charge is 0.204 e. The van der Waals surface area contributed by atoms with Crippen LogP contribution in [-0.4, -0.2) is 5.04 Å². The first kappa shape index (κ1) is 11.6. The SMILES string of the molecule is Clc1ccccc1C1=NOC(c2ccccc2)S1. The summed E-state index contributed by atoms with van der Waals surface area (Å²) in [4.78, 5) is 5.45. The van der Waals surface area contributed by atoms with Gasteiger partial charge in [0.25, 0.3) is 0 Å². The molecular weight excluding hydrogens is 266 g/mol. The van der Waals surface area contributed by atoms with Crippen LogP contribution in [0.1, 0.15) is 16.6 Å². The predicted molar refractivity (Wildman–Crippen MR) is 75.8 cm³/mol. The zero-order chi connectivity index (χ0) is 12.4. The molecule has 1 atom stereocenters. The molecule has 90 valence electrons. The Morgan fingerprint density at radius 2 is 1.72 bits per heavy atom. The molecule has 4 heteroatoms. The third kappa shape index (κ3) is 2.24. The van der Waals surface area contributed by atoms with E-state index in [1.54, 1.807) is 11.8 Å². The van der Waals surface area contributed by atoms with Gasteiger partial charge in [-0.25, -0.2) is 0 Å². The molecule has 0 bridgehead atoms. The van der Waals surface area contributed by atoms with Gasteiger partial charge in [0.2, 0.25) is 5.44 Å². The largest absolute Gasteiger partial charge is 0.375 e. The average molecular weight is 276 g/mol. The fraction of sp³-hybridized carbons (Fsp3) is 0.0714. The summed E-state index contributed by atoms with van der Waals surface area (Å²) in [5.41, 5.74) is 1.94. The second kappa shape index (κ2) is 5.04. The van der Waals surface area contributed by atoms with Crippen molar-refractivity contribution in [2.45, 2.75) is 5.44 Å². The molecule has 1 aliphatic heterocycles. The number of nitrogens with zero attached hydrogens (tertiary/aromatic N) is 1. The molecular formula is C14H10ClNOS. The summed E-state index contributed by atoms with van der Waals surface area (Å²) in [6.45, 7) is 0. The Morgan fingerprint density at radius 1 is 1.00 bits per heavy atom. The van der Waals surface area contributed by atoms with Crippen LogP contribution in [0, 0.1) is 0 Å². The summed E-state index contributed by atoms with van der Waals surface area (Å²) < 4.78 is 0. The Balaban J connectivity index is 1.82. The maximum atomic E-state index is 6.15. The van der Waals surface area contributed by atoms with Crippen molar-refractivity contribution in [2.75, 3.05) is 0 Å². The third-order valence-corrected chi connectivity index (χ3v) is 4.05. The van der Waals surface area contributed by atoms with Crippen LogP contribution >= 0.6 is 23.4 Å². The van der Waals surface area contributed by atoms with E-state index in [0.717, 1.165) is 16.2 Å². The van der Waals surface area contributed by atoms with Crippen LogP contribution in [-0.2, 0) is 4.84 Å². The molecule has 2 nitrogen and oxygen atoms in total. The Labute approximate surface area is 115 Å². The van der Waals surface area contributed by atoms with Crippen LogP contribution in [0.5, 0.6) is 0 Å². The first-order valence-electron chi connectivity index (χ1n) is 5.55. The maximum Gasteiger partial charge on any atom is 0.204 e. The summed E-state index contributed by atoms with van der Waals surface area (Å²) in [5.74, 6) is 0. The van der Waals surface area contributed by atoms with Gasteiger partial charge >= 0.3 is 0 Å². The van der Waals surface area contributed by atoms with E-state index in [-0.39, 0.29) is 5.44 Å². The number of hydrogen-bond donors (Lipinski definition) is 0. The van der Waals surface area contributed by atoms with Gasteiger partial charge in [-0.3, -0.25) is 0 Å². The van der Waals surface area contributed by atoms with Crippen molar-refractivity contribution in [1.82, 2.24) is 0 Å². The zero-order valence-electron chi connectivity index (χ0n) is 9.42. The Morgan fingerprint density at radius 3 is 2.50 bits per heavy atom. The minimum absolute atomic E-state index is 0.0857. The Bertz CT molecular complexity index is 585. The molecule has 1 heterocycles. The van der Waals surface area contributed by atoms with Crippen LogP contribution in [0.4, 0.5) is 0 Å². The molecule has 2 aromatic carbocycles. The Hall–Kier alpha value is -1.45. The lowest BCUT2D eigenvalue weighted by Gasteiger charge is -2.06. The fourth-order valence-corrected chi connectivity index (χ4v) is 2.98. The van der Waals surface area contributed by atoms with E-state index >= 15 is 0 Å². The monoisotopic (exact) mass is 275 g/mol. The molecule has 0 amide bonds. The van der Waals surface area contributed by atoms with Crippen LogP contribution in [0.15, 0.2) is 59.8 Å². The second-order valence-electron chi connectivity index (χ2n) is 3.84. The van der Waals surface area contributed by atoms with Crippen LogP contribution in [0.2, 0.25) is 5.02 Å². The number of hydrogen-bond acceptors (Lipinski definition) is 3. The van der Waals surface area contributed by atoms with Gasteiger partial charge in [-0.15, -0.1) is 0 Å². The lowest BCUT2D eigenvalue weighted by atomic mass is 10.2. The second-order valence-corrected chi connectivity index (χ2v) is 5.30. The lowest BCUT2D eigenvalue weighted by molar-refractivity contribution is 0.131. The van der Waals surface area contributed by atoms with Gasteiger partial charge < -0.3 is 4.84 Å². The Kier molecular flexibility index (Phi) is 3.26. The molecule has 1 unspecified atom stereocenters. The number of thioether (sulfide) groups is 1. The van der Waals surface area contributed by atoms with Gasteiger partial charge in [0.15, 0.2) is 0 Å². The van der Waals surface area contributed by atoms with Crippen molar-refractivity contribution in [3.05, 3.63) is 70.7 Å². The molecule has 0 radical (unpaired) electrons. The molecule has 0 fully saturated rings. The molecule has 2 aromatic rings. The number of halogens is 1. The molecule has 1 aliphatic rings. The first-order chi connectivity index (χ1) is 8.84. The first-order valence-corrected chi connectivity index (χ1v) is 6.81. The van der Waals surface area contributed by atoms with E-state index in [9.17, 15) is 0 Å². The predicted octanol–water partition coefficient (Wildman–Crippen LogP) is 4.46. The zero-order valence-corrected chi connectivity index (χ0v) is 11.0. The molecule has 18 heavy (non-hydrogen) atoms. The summed E-state index contributed by atoms with van der Waals surface area (Å²) >= 11 is 7.72. The van der Waals surface area contributed by atoms with E-state index in [1.807, 2.05) is 54.6 Å². The van der Waals surface area contributed by atoms with Crippen LogP contribution < -0.4 is 0 Å². The van der Waals surface area contributed by atoms with Crippen molar-refractivity contribution >= 4 is 28.4 Å². The minimum Gasteiger partial charge on any atom is -0.375 e. The highest BCUT2D eigenvalue weighted by Crippen LogP contribution is 2.39. The van der Waals surface area contributed by atoms with E-state index in [1.165, 1.54) is 0 Å². The van der Waals surface area contributed by atoms with Crippen LogP contribution in [0.25, 0.3) is 0 Å². The molecule has 0 saturated carbocycles. The van der Waals surface area contributed by atoms with E-state index < -0.39 is 0 Å².